The summed E-state index contributed by atoms with van der Waals surface area (Å²) in [6.45, 7) is 0.887. The van der Waals surface area contributed by atoms with Gasteiger partial charge in [0.2, 0.25) is 11.9 Å². The minimum Gasteiger partial charge on any atom is -0.446 e. The fourth-order valence-corrected chi connectivity index (χ4v) is 4.02. The molecule has 2 fully saturated rings. The van der Waals surface area contributed by atoms with Crippen LogP contribution >= 0.6 is 23.6 Å². The first-order valence-corrected chi connectivity index (χ1v) is 8.68. The van der Waals surface area contributed by atoms with Crippen LogP contribution < -0.4 is 15.7 Å². The van der Waals surface area contributed by atoms with Gasteiger partial charge in [-0.3, -0.25) is 29.3 Å². The molecule has 1 amide bonds. The van der Waals surface area contributed by atoms with E-state index in [1.807, 2.05) is 0 Å². The molecule has 2 unspecified atom stereocenters. The highest BCUT2D eigenvalue weighted by atomic mass is 32.1. The smallest absolute Gasteiger partial charge is 0.353 e. The number of nitrogens with zero attached hydrogens (tertiary/aromatic N) is 2. The number of aromatic amines is 1. The van der Waals surface area contributed by atoms with Crippen LogP contribution in [0, 0.1) is 0 Å². The Morgan fingerprint density at radius 1 is 1.42 bits per heavy atom. The number of H-pyrrole nitrogens is 1. The zero-order chi connectivity index (χ0) is 18.6. The number of aliphatic hydroxyl groups excluding tert-OH is 1. The third-order valence-corrected chi connectivity index (χ3v) is 5.09. The van der Waals surface area contributed by atoms with Crippen LogP contribution in [0.2, 0.25) is 0 Å². The Morgan fingerprint density at radius 3 is 2.85 bits per heavy atom. The quantitative estimate of drug-likeness (QED) is 0.556. The van der Waals surface area contributed by atoms with E-state index in [0.29, 0.717) is 11.3 Å². The lowest BCUT2D eigenvalue weighted by atomic mass is 10.1. The molecule has 4 atom stereocenters. The molecule has 2 aromatic rings. The fraction of sp³-hybridized carbons (Fsp3) is 0.462. The van der Waals surface area contributed by atoms with Crippen molar-refractivity contribution in [1.29, 1.82) is 0 Å². The van der Waals surface area contributed by atoms with E-state index in [0.717, 1.165) is 4.57 Å². The molecule has 2 aliphatic heterocycles. The summed E-state index contributed by atoms with van der Waals surface area (Å²) in [7, 11) is 0. The van der Waals surface area contributed by atoms with Gasteiger partial charge in [0.05, 0.1) is 6.61 Å². The molecule has 3 N–H and O–H groups in total. The summed E-state index contributed by atoms with van der Waals surface area (Å²) in [6.07, 6.45) is -3.22. The first kappa shape index (κ1) is 17.1. The third kappa shape index (κ3) is 2.59. The van der Waals surface area contributed by atoms with Gasteiger partial charge in [-0.05, 0) is 0 Å². The van der Waals surface area contributed by atoms with Gasteiger partial charge in [-0.15, -0.1) is 0 Å². The fourth-order valence-electron chi connectivity index (χ4n) is 2.96. The lowest BCUT2D eigenvalue weighted by Crippen LogP contribution is -2.32. The number of ether oxygens (including phenoxy) is 3. The van der Waals surface area contributed by atoms with E-state index < -0.39 is 40.9 Å². The normalized spacial score (nSPS) is 27.2. The SMILES string of the molecule is CC(=O)Nc1nc2c(sc(=O)n2C2OC(CO)[C@H]3OC(=S)O[C@@H]23)c(=O)[nH]1. The molecule has 0 saturated carbocycles. The van der Waals surface area contributed by atoms with Crippen LogP contribution in [0.5, 0.6) is 0 Å². The first-order valence-electron chi connectivity index (χ1n) is 7.45. The van der Waals surface area contributed by atoms with Gasteiger partial charge in [0.25, 0.3) is 5.56 Å². The zero-order valence-corrected chi connectivity index (χ0v) is 14.8. The van der Waals surface area contributed by atoms with Crippen molar-refractivity contribution in [3.8, 4) is 0 Å². The number of hydrogen-bond donors (Lipinski definition) is 3. The monoisotopic (exact) mass is 400 g/mol. The van der Waals surface area contributed by atoms with E-state index in [-0.39, 0.29) is 28.1 Å². The highest BCUT2D eigenvalue weighted by molar-refractivity contribution is 7.79. The molecular formula is C13H12N4O7S2. The third-order valence-electron chi connectivity index (χ3n) is 3.95. The maximum Gasteiger partial charge on any atom is 0.353 e. The highest BCUT2D eigenvalue weighted by Gasteiger charge is 2.54. The van der Waals surface area contributed by atoms with Gasteiger partial charge in [-0.25, -0.2) is 0 Å². The van der Waals surface area contributed by atoms with Gasteiger partial charge in [-0.2, -0.15) is 4.98 Å². The Labute approximate surface area is 153 Å². The summed E-state index contributed by atoms with van der Waals surface area (Å²) in [5.41, 5.74) is -0.553. The van der Waals surface area contributed by atoms with Crippen LogP contribution in [0.15, 0.2) is 9.59 Å². The van der Waals surface area contributed by atoms with Crippen LogP contribution in [0.25, 0.3) is 10.3 Å². The summed E-state index contributed by atoms with van der Waals surface area (Å²) in [5, 5.41) is 11.7. The van der Waals surface area contributed by atoms with Gasteiger partial charge in [-0.1, -0.05) is 11.3 Å². The zero-order valence-electron chi connectivity index (χ0n) is 13.1. The molecule has 4 heterocycles. The Morgan fingerprint density at radius 2 is 2.15 bits per heavy atom. The van der Waals surface area contributed by atoms with Crippen molar-refractivity contribution < 1.29 is 24.1 Å². The molecular weight excluding hydrogens is 388 g/mol. The van der Waals surface area contributed by atoms with Crippen molar-refractivity contribution in [1.82, 2.24) is 14.5 Å². The number of amides is 1. The summed E-state index contributed by atoms with van der Waals surface area (Å²) in [4.78, 5) is 42.0. The van der Waals surface area contributed by atoms with E-state index >= 15 is 0 Å². The molecule has 2 saturated heterocycles. The summed E-state index contributed by atoms with van der Waals surface area (Å²) < 4.78 is 17.7. The predicted molar refractivity (Wildman–Crippen MR) is 92.1 cm³/mol. The minimum atomic E-state index is -1.00. The number of carbonyl (C=O) groups excluding carboxylic acids is 1. The van der Waals surface area contributed by atoms with Crippen molar-refractivity contribution in [2.75, 3.05) is 11.9 Å². The van der Waals surface area contributed by atoms with E-state index in [1.54, 1.807) is 0 Å². The standard InChI is InChI=1S/C13H12N4O7S2/c1-3(19)14-11-15-8-7(9(20)16-11)26-12(21)17(8)10-6-5(4(2-18)22-10)23-13(25)24-6/h4-6,10,18H,2H2,1H3,(H2,14,15,16,19,20)/t4?,5-,6-,10?/m1/s1. The number of carbonyl (C=O) groups is 1. The van der Waals surface area contributed by atoms with Crippen molar-refractivity contribution in [3.63, 3.8) is 0 Å². The minimum absolute atomic E-state index is 0.0243. The average molecular weight is 400 g/mol. The van der Waals surface area contributed by atoms with E-state index in [4.69, 9.17) is 26.4 Å². The molecule has 0 radical (unpaired) electrons. The maximum atomic E-state index is 12.5. The van der Waals surface area contributed by atoms with Gasteiger partial charge >= 0.3 is 10.1 Å². The highest BCUT2D eigenvalue weighted by Crippen LogP contribution is 2.38. The summed E-state index contributed by atoms with van der Waals surface area (Å²) >= 11 is 5.57. The van der Waals surface area contributed by atoms with Crippen LogP contribution in [-0.4, -0.2) is 55.7 Å². The molecule has 0 spiro atoms. The molecule has 11 nitrogen and oxygen atoms in total. The van der Waals surface area contributed by atoms with Gasteiger partial charge in [0.1, 0.15) is 10.8 Å². The molecule has 0 aliphatic carbocycles. The van der Waals surface area contributed by atoms with E-state index in [2.05, 4.69) is 15.3 Å². The van der Waals surface area contributed by atoms with Crippen LogP contribution in [0.1, 0.15) is 13.2 Å². The largest absolute Gasteiger partial charge is 0.446 e. The molecule has 0 bridgehead atoms. The number of aromatic nitrogens is 3. The molecule has 2 aromatic heterocycles. The van der Waals surface area contributed by atoms with Gasteiger partial charge in [0, 0.05) is 19.1 Å². The second kappa shape index (κ2) is 6.12. The van der Waals surface area contributed by atoms with Gasteiger partial charge < -0.3 is 19.3 Å². The summed E-state index contributed by atoms with van der Waals surface area (Å²) in [5.74, 6) is -0.541. The molecule has 13 heteroatoms. The van der Waals surface area contributed by atoms with Crippen LogP contribution in [-0.2, 0) is 19.0 Å². The van der Waals surface area contributed by atoms with Crippen molar-refractivity contribution in [2.45, 2.75) is 31.5 Å². The number of thiocarbonyl (C=S) groups is 1. The molecule has 26 heavy (non-hydrogen) atoms. The van der Waals surface area contributed by atoms with Crippen molar-refractivity contribution in [2.24, 2.45) is 0 Å². The Bertz CT molecular complexity index is 1030. The lowest BCUT2D eigenvalue weighted by Gasteiger charge is -2.17. The predicted octanol–water partition coefficient (Wildman–Crippen LogP) is -0.937. The van der Waals surface area contributed by atoms with Crippen LogP contribution in [0.4, 0.5) is 5.95 Å². The maximum absolute atomic E-state index is 12.5. The molecule has 4 rings (SSSR count). The number of hydrogen-bond acceptors (Lipinski definition) is 10. The number of anilines is 1. The second-order valence-corrected chi connectivity index (χ2v) is 6.94. The lowest BCUT2D eigenvalue weighted by molar-refractivity contribution is -0.114. The topological polar surface area (TPSA) is 145 Å². The van der Waals surface area contributed by atoms with E-state index in [1.165, 1.54) is 6.92 Å². The Hall–Kier alpha value is -2.35. The first-order chi connectivity index (χ1) is 12.4. The van der Waals surface area contributed by atoms with Crippen molar-refractivity contribution in [3.05, 3.63) is 20.0 Å². The molecule has 138 valence electrons. The number of aliphatic hydroxyl groups is 1. The number of thiazole rings is 1. The molecule has 0 aromatic carbocycles. The molecule has 2 aliphatic rings. The Kier molecular flexibility index (Phi) is 4.02. The van der Waals surface area contributed by atoms with Gasteiger partial charge in [0.15, 0.2) is 24.1 Å². The average Bonchev–Trinajstić information content (AvgIpc) is 3.18. The Balaban J connectivity index is 1.86. The number of nitrogens with one attached hydrogen (secondary N) is 2. The van der Waals surface area contributed by atoms with Crippen molar-refractivity contribution >= 4 is 51.0 Å². The number of fused-ring (bicyclic) bond motifs is 2. The van der Waals surface area contributed by atoms with Crippen LogP contribution in [0.3, 0.4) is 0 Å². The second-order valence-electron chi connectivity index (χ2n) is 5.65. The summed E-state index contributed by atoms with van der Waals surface area (Å²) in [6, 6.07) is 0. The van der Waals surface area contributed by atoms with E-state index in [9.17, 15) is 19.5 Å². The number of rotatable bonds is 3.